The molecule has 0 bridgehead atoms. The number of nitrogens with zero attached hydrogens (tertiary/aromatic N) is 2. The molecule has 2 aromatic rings. The Labute approximate surface area is 208 Å². The summed E-state index contributed by atoms with van der Waals surface area (Å²) in [6.07, 6.45) is 0. The van der Waals surface area contributed by atoms with Gasteiger partial charge in [0.25, 0.3) is 0 Å². The van der Waals surface area contributed by atoms with Crippen molar-refractivity contribution in [2.24, 2.45) is 4.99 Å². The molecule has 0 aliphatic heterocycles. The number of nitrogens with one attached hydrogen (secondary N) is 2. The summed E-state index contributed by atoms with van der Waals surface area (Å²) in [5.41, 5.74) is 1.94. The van der Waals surface area contributed by atoms with Crippen LogP contribution in [0, 0.1) is 0 Å². The second-order valence-electron chi connectivity index (χ2n) is 7.01. The lowest BCUT2D eigenvalue weighted by molar-refractivity contribution is 0.303. The van der Waals surface area contributed by atoms with Gasteiger partial charge in [-0.1, -0.05) is 6.07 Å². The zero-order valence-corrected chi connectivity index (χ0v) is 22.2. The zero-order chi connectivity index (χ0) is 22.8. The Morgan fingerprint density at radius 1 is 0.875 bits per heavy atom. The molecule has 0 amide bonds. The van der Waals surface area contributed by atoms with Crippen LogP contribution in [0.5, 0.6) is 23.0 Å². The predicted molar refractivity (Wildman–Crippen MR) is 141 cm³/mol. The normalized spacial score (nSPS) is 11.9. The Hall–Kier alpha value is -2.40. The highest BCUT2D eigenvalue weighted by molar-refractivity contribution is 14.0. The number of benzene rings is 2. The summed E-state index contributed by atoms with van der Waals surface area (Å²) in [5.74, 6) is 3.42. The Balaban J connectivity index is 0.00000512. The molecule has 0 aliphatic rings. The van der Waals surface area contributed by atoms with Gasteiger partial charge in [0.05, 0.1) is 41.0 Å². The third kappa shape index (κ3) is 7.33. The van der Waals surface area contributed by atoms with E-state index in [1.807, 2.05) is 57.4 Å². The standard InChI is InChI=1S/C23H34N4O4.HI/c1-8-24-23(26-17-10-12-20(29-5)22(14-17)31-7)25-15-18(27(2)3)16-9-11-19(28-4)21(13-16)30-6;/h9-14,18H,8,15H2,1-7H3,(H2,24,25,26);1H. The van der Waals surface area contributed by atoms with E-state index in [2.05, 4.69) is 15.5 Å². The van der Waals surface area contributed by atoms with E-state index in [1.165, 1.54) is 0 Å². The third-order valence-electron chi connectivity index (χ3n) is 4.83. The quantitative estimate of drug-likeness (QED) is 0.259. The van der Waals surface area contributed by atoms with Gasteiger partial charge < -0.3 is 34.5 Å². The van der Waals surface area contributed by atoms with Crippen molar-refractivity contribution in [2.45, 2.75) is 13.0 Å². The van der Waals surface area contributed by atoms with Gasteiger partial charge in [0.15, 0.2) is 29.0 Å². The molecular formula is C23H35IN4O4. The van der Waals surface area contributed by atoms with E-state index in [4.69, 9.17) is 23.9 Å². The number of rotatable bonds is 10. The summed E-state index contributed by atoms with van der Waals surface area (Å²) in [4.78, 5) is 6.94. The van der Waals surface area contributed by atoms with E-state index in [9.17, 15) is 0 Å². The van der Waals surface area contributed by atoms with Gasteiger partial charge in [-0.15, -0.1) is 24.0 Å². The maximum absolute atomic E-state index is 5.46. The van der Waals surface area contributed by atoms with Crippen LogP contribution < -0.4 is 29.6 Å². The summed E-state index contributed by atoms with van der Waals surface area (Å²) in [6, 6.07) is 11.7. The molecule has 0 radical (unpaired) electrons. The van der Waals surface area contributed by atoms with Crippen LogP contribution >= 0.6 is 24.0 Å². The molecule has 9 heteroatoms. The summed E-state index contributed by atoms with van der Waals surface area (Å²) in [6.45, 7) is 3.32. The highest BCUT2D eigenvalue weighted by Crippen LogP contribution is 2.32. The van der Waals surface area contributed by atoms with Crippen molar-refractivity contribution in [3.05, 3.63) is 42.0 Å². The van der Waals surface area contributed by atoms with E-state index in [1.54, 1.807) is 28.4 Å². The average Bonchev–Trinajstić information content (AvgIpc) is 2.78. The lowest BCUT2D eigenvalue weighted by Crippen LogP contribution is -2.32. The maximum atomic E-state index is 5.46. The van der Waals surface area contributed by atoms with Crippen LogP contribution in [0.15, 0.2) is 41.4 Å². The molecule has 0 aromatic heterocycles. The first-order valence-electron chi connectivity index (χ1n) is 10.1. The topological polar surface area (TPSA) is 76.6 Å². The lowest BCUT2D eigenvalue weighted by Gasteiger charge is -2.24. The second kappa shape index (κ2) is 13.9. The van der Waals surface area contributed by atoms with Crippen LogP contribution in [0.1, 0.15) is 18.5 Å². The van der Waals surface area contributed by atoms with Crippen molar-refractivity contribution >= 4 is 35.6 Å². The first-order valence-corrected chi connectivity index (χ1v) is 10.1. The third-order valence-corrected chi connectivity index (χ3v) is 4.83. The molecule has 2 rings (SSSR count). The SMILES string of the molecule is CCNC(=NCC(c1ccc(OC)c(OC)c1)N(C)C)Nc1ccc(OC)c(OC)c1.I. The van der Waals surface area contributed by atoms with Gasteiger partial charge in [0, 0.05) is 18.3 Å². The minimum Gasteiger partial charge on any atom is -0.493 e. The van der Waals surface area contributed by atoms with Gasteiger partial charge in [0.1, 0.15) is 0 Å². The molecule has 0 saturated carbocycles. The number of halogens is 1. The number of aliphatic imine (C=N–C) groups is 1. The van der Waals surface area contributed by atoms with Crippen molar-refractivity contribution < 1.29 is 18.9 Å². The first-order chi connectivity index (χ1) is 15.0. The van der Waals surface area contributed by atoms with Gasteiger partial charge in [-0.3, -0.25) is 4.99 Å². The van der Waals surface area contributed by atoms with Crippen LogP contribution in [0.4, 0.5) is 5.69 Å². The number of hydrogen-bond donors (Lipinski definition) is 2. The monoisotopic (exact) mass is 558 g/mol. The molecule has 1 unspecified atom stereocenters. The van der Waals surface area contributed by atoms with Crippen LogP contribution in [0.3, 0.4) is 0 Å². The molecule has 0 aliphatic carbocycles. The van der Waals surface area contributed by atoms with Crippen LogP contribution in [-0.4, -0.2) is 66.5 Å². The smallest absolute Gasteiger partial charge is 0.195 e. The van der Waals surface area contributed by atoms with Crippen molar-refractivity contribution in [3.8, 4) is 23.0 Å². The Kier molecular flexibility index (Phi) is 12.0. The average molecular weight is 558 g/mol. The van der Waals surface area contributed by atoms with Crippen molar-refractivity contribution in [1.82, 2.24) is 10.2 Å². The minimum atomic E-state index is 0. The van der Waals surface area contributed by atoms with Crippen LogP contribution in [-0.2, 0) is 0 Å². The Morgan fingerprint density at radius 2 is 1.44 bits per heavy atom. The molecule has 2 aromatic carbocycles. The fourth-order valence-electron chi connectivity index (χ4n) is 3.16. The summed E-state index contributed by atoms with van der Waals surface area (Å²) in [5, 5.41) is 6.62. The molecule has 0 saturated heterocycles. The van der Waals surface area contributed by atoms with Crippen LogP contribution in [0.2, 0.25) is 0 Å². The van der Waals surface area contributed by atoms with E-state index in [0.29, 0.717) is 35.5 Å². The van der Waals surface area contributed by atoms with Gasteiger partial charge >= 0.3 is 0 Å². The van der Waals surface area contributed by atoms with Crippen molar-refractivity contribution in [2.75, 3.05) is 60.9 Å². The molecule has 32 heavy (non-hydrogen) atoms. The summed E-state index contributed by atoms with van der Waals surface area (Å²) >= 11 is 0. The van der Waals surface area contributed by atoms with Gasteiger partial charge in [-0.2, -0.15) is 0 Å². The molecular weight excluding hydrogens is 523 g/mol. The molecule has 0 heterocycles. The molecule has 1 atom stereocenters. The van der Waals surface area contributed by atoms with Gasteiger partial charge in [-0.25, -0.2) is 0 Å². The summed E-state index contributed by atoms with van der Waals surface area (Å²) in [7, 11) is 10.6. The number of methoxy groups -OCH3 is 4. The fourth-order valence-corrected chi connectivity index (χ4v) is 3.16. The van der Waals surface area contributed by atoms with Crippen molar-refractivity contribution in [1.29, 1.82) is 0 Å². The van der Waals surface area contributed by atoms with E-state index in [0.717, 1.165) is 17.8 Å². The molecule has 0 spiro atoms. The highest BCUT2D eigenvalue weighted by atomic mass is 127. The van der Waals surface area contributed by atoms with Crippen LogP contribution in [0.25, 0.3) is 0 Å². The van der Waals surface area contributed by atoms with E-state index >= 15 is 0 Å². The molecule has 0 fully saturated rings. The van der Waals surface area contributed by atoms with Crippen molar-refractivity contribution in [3.63, 3.8) is 0 Å². The highest BCUT2D eigenvalue weighted by Gasteiger charge is 2.17. The molecule has 178 valence electrons. The lowest BCUT2D eigenvalue weighted by atomic mass is 10.1. The first kappa shape index (κ1) is 27.6. The Bertz CT molecular complexity index is 877. The van der Waals surface area contributed by atoms with E-state index in [-0.39, 0.29) is 30.0 Å². The number of hydrogen-bond acceptors (Lipinski definition) is 6. The number of guanidine groups is 1. The molecule has 8 nitrogen and oxygen atoms in total. The van der Waals surface area contributed by atoms with E-state index < -0.39 is 0 Å². The number of anilines is 1. The fraction of sp³-hybridized carbons (Fsp3) is 0.435. The zero-order valence-electron chi connectivity index (χ0n) is 19.9. The summed E-state index contributed by atoms with van der Waals surface area (Å²) < 4.78 is 21.5. The number of ether oxygens (including phenoxy) is 4. The Morgan fingerprint density at radius 3 is 1.97 bits per heavy atom. The predicted octanol–water partition coefficient (Wildman–Crippen LogP) is 4.02. The van der Waals surface area contributed by atoms with Gasteiger partial charge in [-0.05, 0) is 50.8 Å². The van der Waals surface area contributed by atoms with Gasteiger partial charge in [0.2, 0.25) is 0 Å². The molecule has 2 N–H and O–H groups in total. The number of likely N-dealkylation sites (N-methyl/N-ethyl adjacent to an activating group) is 1. The largest absolute Gasteiger partial charge is 0.493 e. The maximum Gasteiger partial charge on any atom is 0.195 e. The minimum absolute atomic E-state index is 0. The second-order valence-corrected chi connectivity index (χ2v) is 7.01.